The lowest BCUT2D eigenvalue weighted by molar-refractivity contribution is 0.0728. The smallest absolute Gasteiger partial charge is 0.345 e. The van der Waals surface area contributed by atoms with Gasteiger partial charge in [0.2, 0.25) is 18.6 Å². The number of aromatic amines is 1. The zero-order chi connectivity index (χ0) is 27.8. The Hall–Kier alpha value is -5.14. The topological polar surface area (TPSA) is 142 Å². The van der Waals surface area contributed by atoms with E-state index in [4.69, 9.17) is 41.0 Å². The normalized spacial score (nSPS) is 15.2. The fourth-order valence-electron chi connectivity index (χ4n) is 4.69. The summed E-state index contributed by atoms with van der Waals surface area (Å²) in [5.74, 6) is 0.606. The quantitative estimate of drug-likeness (QED) is 0.239. The summed E-state index contributed by atoms with van der Waals surface area (Å²) in [7, 11) is 0. The van der Waals surface area contributed by atoms with E-state index in [0.29, 0.717) is 40.7 Å². The van der Waals surface area contributed by atoms with Gasteiger partial charge in [0.1, 0.15) is 11.6 Å². The molecule has 2 aliphatic rings. The minimum Gasteiger partial charge on any atom is -0.490 e. The van der Waals surface area contributed by atoms with E-state index in [0.717, 1.165) is 5.56 Å². The number of carbonyl (C=O) groups is 1. The van der Waals surface area contributed by atoms with Gasteiger partial charge in [0.15, 0.2) is 23.0 Å². The van der Waals surface area contributed by atoms with Crippen LogP contribution in [0.4, 0.5) is 0 Å². The molecule has 40 heavy (non-hydrogen) atoms. The Morgan fingerprint density at radius 2 is 1.98 bits per heavy atom. The second-order valence-electron chi connectivity index (χ2n) is 8.82. The first-order valence-electron chi connectivity index (χ1n) is 12.3. The molecule has 6 rings (SSSR count). The first-order chi connectivity index (χ1) is 19.5. The number of nitrogens with one attached hydrogen (secondary N) is 1. The third-order valence-corrected chi connectivity index (χ3v) is 6.83. The number of nitriles is 1. The number of aromatic nitrogens is 2. The summed E-state index contributed by atoms with van der Waals surface area (Å²) in [5.41, 5.74) is 9.19. The summed E-state index contributed by atoms with van der Waals surface area (Å²) in [4.78, 5) is 12.9. The number of halogens is 1. The summed E-state index contributed by atoms with van der Waals surface area (Å²) in [5, 5.41) is 17.7. The zero-order valence-electron chi connectivity index (χ0n) is 21.1. The van der Waals surface area contributed by atoms with Gasteiger partial charge in [-0.3, -0.25) is 5.10 Å². The molecule has 0 amide bonds. The zero-order valence-corrected chi connectivity index (χ0v) is 21.8. The lowest BCUT2D eigenvalue weighted by Gasteiger charge is -2.25. The van der Waals surface area contributed by atoms with Crippen molar-refractivity contribution in [2.75, 3.05) is 13.4 Å². The van der Waals surface area contributed by atoms with E-state index in [9.17, 15) is 10.1 Å². The van der Waals surface area contributed by atoms with E-state index in [1.165, 1.54) is 0 Å². The van der Waals surface area contributed by atoms with Crippen LogP contribution in [0.2, 0.25) is 5.02 Å². The molecule has 0 unspecified atom stereocenters. The highest BCUT2D eigenvalue weighted by Crippen LogP contribution is 2.48. The molecule has 2 aliphatic heterocycles. The number of allylic oxidation sites excluding steroid dienone is 1. The number of benzene rings is 3. The molecule has 0 saturated carbocycles. The number of esters is 1. The minimum absolute atomic E-state index is 0.0593. The molecule has 4 aromatic rings. The fourth-order valence-corrected chi connectivity index (χ4v) is 4.90. The number of hydrogen-bond acceptors (Lipinski definition) is 9. The number of nitrogens with zero attached hydrogens (tertiary/aromatic N) is 2. The summed E-state index contributed by atoms with van der Waals surface area (Å²) in [6, 6.07) is 19.3. The summed E-state index contributed by atoms with van der Waals surface area (Å²) >= 11 is 6.18. The maximum atomic E-state index is 12.9. The van der Waals surface area contributed by atoms with E-state index in [1.807, 2.05) is 19.1 Å². The largest absolute Gasteiger partial charge is 0.490 e. The van der Waals surface area contributed by atoms with Crippen molar-refractivity contribution < 1.29 is 28.5 Å². The van der Waals surface area contributed by atoms with Gasteiger partial charge in [-0.2, -0.15) is 5.26 Å². The van der Waals surface area contributed by atoms with Crippen LogP contribution in [0, 0.1) is 11.3 Å². The monoisotopic (exact) mass is 556 g/mol. The van der Waals surface area contributed by atoms with Crippen LogP contribution in [-0.4, -0.2) is 29.6 Å². The van der Waals surface area contributed by atoms with Gasteiger partial charge in [-0.05, 0) is 55.0 Å². The lowest BCUT2D eigenvalue weighted by Crippen LogP contribution is -2.21. The molecule has 3 heterocycles. The van der Waals surface area contributed by atoms with Gasteiger partial charge in [0, 0.05) is 5.56 Å². The number of H-pyrrole nitrogens is 1. The van der Waals surface area contributed by atoms with Gasteiger partial charge in [-0.15, -0.1) is 5.10 Å². The Morgan fingerprint density at radius 3 is 2.77 bits per heavy atom. The van der Waals surface area contributed by atoms with Crippen LogP contribution in [-0.2, 0) is 0 Å². The van der Waals surface area contributed by atoms with Crippen LogP contribution in [0.3, 0.4) is 0 Å². The van der Waals surface area contributed by atoms with Crippen molar-refractivity contribution in [3.63, 3.8) is 0 Å². The number of fused-ring (bicyclic) bond motifs is 2. The van der Waals surface area contributed by atoms with E-state index in [-0.39, 0.29) is 40.5 Å². The van der Waals surface area contributed by atoms with E-state index in [2.05, 4.69) is 16.3 Å². The highest BCUT2D eigenvalue weighted by molar-refractivity contribution is 6.33. The molecule has 11 heteroatoms. The molecule has 0 radical (unpaired) electrons. The maximum Gasteiger partial charge on any atom is 0.345 e. The van der Waals surface area contributed by atoms with E-state index >= 15 is 0 Å². The predicted molar refractivity (Wildman–Crippen MR) is 143 cm³/mol. The molecule has 0 bridgehead atoms. The summed E-state index contributed by atoms with van der Waals surface area (Å²) in [6.07, 6.45) is 0. The Kier molecular flexibility index (Phi) is 6.42. The third-order valence-electron chi connectivity index (χ3n) is 6.50. The van der Waals surface area contributed by atoms with Gasteiger partial charge >= 0.3 is 5.97 Å². The van der Waals surface area contributed by atoms with E-state index in [1.54, 1.807) is 48.5 Å². The fraction of sp³-hybridized carbons (Fsp3) is 0.138. The number of ether oxygens (including phenoxy) is 5. The average molecular weight is 557 g/mol. The molecule has 0 fully saturated rings. The Bertz CT molecular complexity index is 1720. The molecule has 1 aromatic heterocycles. The molecule has 3 N–H and O–H groups in total. The van der Waals surface area contributed by atoms with Crippen molar-refractivity contribution in [1.82, 2.24) is 10.2 Å². The maximum absolute atomic E-state index is 12.9. The van der Waals surface area contributed by atoms with Gasteiger partial charge < -0.3 is 29.4 Å². The molecule has 0 saturated heterocycles. The van der Waals surface area contributed by atoms with Gasteiger partial charge in [0.05, 0.1) is 34.4 Å². The number of rotatable bonds is 6. The summed E-state index contributed by atoms with van der Waals surface area (Å²) in [6.45, 7) is 2.25. The van der Waals surface area contributed by atoms with Crippen molar-refractivity contribution in [2.45, 2.75) is 12.8 Å². The number of nitrogens with two attached hydrogens (primary N) is 1. The third kappa shape index (κ3) is 4.32. The first kappa shape index (κ1) is 25.2. The Labute approximate surface area is 233 Å². The number of carbonyl (C=O) groups excluding carboxylic acids is 1. The second-order valence-corrected chi connectivity index (χ2v) is 9.23. The van der Waals surface area contributed by atoms with Crippen molar-refractivity contribution in [1.29, 1.82) is 5.26 Å². The molecular weight excluding hydrogens is 536 g/mol. The Balaban J connectivity index is 1.43. The van der Waals surface area contributed by atoms with Crippen LogP contribution in [0.25, 0.3) is 11.3 Å². The average Bonchev–Trinajstić information content (AvgIpc) is 3.60. The van der Waals surface area contributed by atoms with E-state index < -0.39 is 11.9 Å². The van der Waals surface area contributed by atoms with Gasteiger partial charge in [-0.25, -0.2) is 4.79 Å². The molecule has 0 spiro atoms. The van der Waals surface area contributed by atoms with Crippen molar-refractivity contribution >= 4 is 17.6 Å². The van der Waals surface area contributed by atoms with Crippen LogP contribution < -0.4 is 29.4 Å². The van der Waals surface area contributed by atoms with Gasteiger partial charge in [-0.1, -0.05) is 29.8 Å². The first-order valence-corrected chi connectivity index (χ1v) is 12.7. The molecule has 200 valence electrons. The van der Waals surface area contributed by atoms with Crippen molar-refractivity contribution in [3.8, 4) is 46.2 Å². The van der Waals surface area contributed by atoms with Crippen molar-refractivity contribution in [3.05, 3.63) is 93.8 Å². The van der Waals surface area contributed by atoms with Crippen LogP contribution in [0.1, 0.15) is 34.3 Å². The highest BCUT2D eigenvalue weighted by Gasteiger charge is 2.36. The standard InChI is InChI=1S/C29H21ClN4O6/c1-2-36-23-11-15(7-10-21(23)39-29(35)17-5-3-4-6-19(17)30)24-18(13-31)27(32)40-28-25(24)26(33-34-28)16-8-9-20-22(12-16)38-14-37-20/h3-12,24H,2,14,32H2,1H3,(H,33,34)/t24-/m1/s1. The van der Waals surface area contributed by atoms with Gasteiger partial charge in [0.25, 0.3) is 0 Å². The molecular formula is C29H21ClN4O6. The Morgan fingerprint density at radius 1 is 1.15 bits per heavy atom. The SMILES string of the molecule is CCOc1cc([C@@H]2C(C#N)=C(N)Oc3n[nH]c(-c4ccc5c(c4)OCO5)c32)ccc1OC(=O)c1ccccc1Cl. The molecule has 3 aromatic carbocycles. The lowest BCUT2D eigenvalue weighted by atomic mass is 9.83. The minimum atomic E-state index is -0.666. The second kappa shape index (κ2) is 10.2. The molecule has 10 nitrogen and oxygen atoms in total. The van der Waals surface area contributed by atoms with Crippen LogP contribution >= 0.6 is 11.6 Å². The number of hydrogen-bond donors (Lipinski definition) is 2. The molecule has 0 aliphatic carbocycles. The van der Waals surface area contributed by atoms with Crippen LogP contribution in [0.15, 0.2) is 72.1 Å². The molecule has 1 atom stereocenters. The van der Waals surface area contributed by atoms with Crippen molar-refractivity contribution in [2.24, 2.45) is 5.73 Å². The van der Waals surface area contributed by atoms with Crippen LogP contribution in [0.5, 0.6) is 28.9 Å². The summed E-state index contributed by atoms with van der Waals surface area (Å²) < 4.78 is 28.2. The predicted octanol–water partition coefficient (Wildman–Crippen LogP) is 5.29. The highest BCUT2D eigenvalue weighted by atomic mass is 35.5.